The van der Waals surface area contributed by atoms with Gasteiger partial charge in [0, 0.05) is 0 Å². The van der Waals surface area contributed by atoms with Gasteiger partial charge in [-0.05, 0) is 20.8 Å². The van der Waals surface area contributed by atoms with Gasteiger partial charge in [0.05, 0.1) is 5.60 Å². The number of rotatable bonds is 0. The zero-order valence-electron chi connectivity index (χ0n) is 3.95. The highest BCUT2D eigenvalue weighted by Crippen LogP contribution is 1.93. The van der Waals surface area contributed by atoms with Crippen LogP contribution in [-0.4, -0.2) is 10.7 Å². The topological polar surface area (TPSA) is 20.2 Å². The summed E-state index contributed by atoms with van der Waals surface area (Å²) in [6.45, 7) is 5.23. The lowest BCUT2D eigenvalue weighted by Gasteiger charge is -2.04. The molecule has 0 aliphatic heterocycles. The van der Waals surface area contributed by atoms with E-state index in [1.54, 1.807) is 20.8 Å². The Bertz CT molecular complexity index is 19.1. The van der Waals surface area contributed by atoms with Crippen LogP contribution in [0, 0.1) is 0 Å². The van der Waals surface area contributed by atoms with E-state index in [4.69, 9.17) is 5.11 Å². The largest absolute Gasteiger partial charge is 0.391 e. The van der Waals surface area contributed by atoms with Crippen LogP contribution in [0.4, 0.5) is 0 Å². The molecule has 0 aromatic carbocycles. The summed E-state index contributed by atoms with van der Waals surface area (Å²) in [5.41, 5.74) is -0.500. The Balaban J connectivity index is 3.02. The molecule has 1 heteroatoms. The van der Waals surface area contributed by atoms with Gasteiger partial charge >= 0.3 is 0 Å². The molecular weight excluding hydrogens is 63.0 g/mol. The van der Waals surface area contributed by atoms with Gasteiger partial charge in [-0.3, -0.25) is 0 Å². The molecule has 0 aliphatic carbocycles. The summed E-state index contributed by atoms with van der Waals surface area (Å²) in [4.78, 5) is 0. The average Bonchev–Trinajstić information content (AvgIpc) is 0.722. The van der Waals surface area contributed by atoms with E-state index in [2.05, 4.69) is 0 Å². The quantitative estimate of drug-likeness (QED) is 0.449. The monoisotopic (exact) mass is 73.1 g/mol. The summed E-state index contributed by atoms with van der Waals surface area (Å²) in [5.74, 6) is 0. The number of hydrogen-bond acceptors (Lipinski definition) is 1. The first-order valence-corrected chi connectivity index (χ1v) is 1.72. The van der Waals surface area contributed by atoms with Crippen molar-refractivity contribution in [2.24, 2.45) is 0 Å². The molecule has 0 rings (SSSR count). The second-order valence-corrected chi connectivity index (χ2v) is 2.17. The summed E-state index contributed by atoms with van der Waals surface area (Å²) >= 11 is 0. The summed E-state index contributed by atoms with van der Waals surface area (Å²) < 4.78 is 0. The first-order valence-electron chi connectivity index (χ1n) is 1.72. The van der Waals surface area contributed by atoms with E-state index in [0.717, 1.165) is 0 Å². The van der Waals surface area contributed by atoms with E-state index < -0.39 is 5.60 Å². The molecule has 0 fully saturated rings. The highest BCUT2D eigenvalue weighted by atomic mass is 16.2. The van der Waals surface area contributed by atoms with Crippen LogP contribution in [0.2, 0.25) is 0 Å². The molecule has 0 bridgehead atoms. The van der Waals surface area contributed by atoms with Crippen molar-refractivity contribution in [2.45, 2.75) is 26.4 Å². The van der Waals surface area contributed by atoms with Gasteiger partial charge in [0.2, 0.25) is 0 Å². The third-order valence-corrected chi connectivity index (χ3v) is 0. The fourth-order valence-electron chi connectivity index (χ4n) is 0. The molecule has 0 aromatic rings. The van der Waals surface area contributed by atoms with Gasteiger partial charge in [-0.25, -0.2) is 0 Å². The molecule has 0 atom stereocenters. The second kappa shape index (κ2) is 0.977. The molecule has 32 valence electrons. The molecule has 0 aliphatic rings. The van der Waals surface area contributed by atoms with E-state index in [-0.39, 0.29) is 0 Å². The van der Waals surface area contributed by atoms with E-state index in [0.29, 0.717) is 0 Å². The lowest BCUT2D eigenvalue weighted by atomic mass is 9.61. The van der Waals surface area contributed by atoms with Gasteiger partial charge in [-0.2, -0.15) is 0 Å². The van der Waals surface area contributed by atoms with Gasteiger partial charge in [0.1, 0.15) is 0 Å². The zero-order valence-corrected chi connectivity index (χ0v) is 3.95. The Morgan fingerprint density at radius 2 is 1.20 bits per heavy atom. The minimum Gasteiger partial charge on any atom is -0.391 e. The average molecular weight is 73.1 g/mol. The number of hydrogen-bond donors (Lipinski definition) is 1. The standard InChI is InChI=1S/C4H10O/c1-4(2,3)5/h5H,1-3H3/i4-1. The van der Waals surface area contributed by atoms with Gasteiger partial charge in [-0.1, -0.05) is 0 Å². The Kier molecular flexibility index (Phi) is 0.969. The van der Waals surface area contributed by atoms with Crippen LogP contribution in [-0.2, 0) is 0 Å². The lowest BCUT2D eigenvalue weighted by Crippen LogP contribution is -2.10. The Hall–Kier alpha value is -0.0400. The van der Waals surface area contributed by atoms with E-state index in [1.165, 1.54) is 0 Å². The fraction of sp³-hybridized carbons (Fsp3) is 1.00. The molecule has 0 saturated heterocycles. The minimum atomic E-state index is -0.500. The van der Waals surface area contributed by atoms with Crippen LogP contribution in [0.1, 0.15) is 20.8 Å². The maximum absolute atomic E-state index is 8.52. The highest BCUT2D eigenvalue weighted by Gasteiger charge is 1.97. The third kappa shape index (κ3) is 9510. The Morgan fingerprint density at radius 3 is 1.20 bits per heavy atom. The molecule has 0 unspecified atom stereocenters. The molecular formula is C4H10O. The van der Waals surface area contributed by atoms with Gasteiger partial charge < -0.3 is 5.11 Å². The van der Waals surface area contributed by atoms with Crippen molar-refractivity contribution >= 4 is 0 Å². The molecule has 0 heterocycles. The molecule has 0 saturated carbocycles. The minimum absolute atomic E-state index is 0.500. The van der Waals surface area contributed by atoms with Crippen molar-refractivity contribution < 1.29 is 5.11 Å². The van der Waals surface area contributed by atoms with Crippen molar-refractivity contribution in [1.29, 1.82) is 0 Å². The molecule has 0 radical (unpaired) electrons. The predicted molar refractivity (Wildman–Crippen MR) is 22.0 cm³/mol. The second-order valence-electron chi connectivity index (χ2n) is 2.17. The summed E-state index contributed by atoms with van der Waals surface area (Å²) in [6.07, 6.45) is 0. The fourth-order valence-corrected chi connectivity index (χ4v) is 0. The van der Waals surface area contributed by atoms with Crippen molar-refractivity contribution in [2.75, 3.05) is 0 Å². The molecule has 0 aromatic heterocycles. The van der Waals surface area contributed by atoms with E-state index in [9.17, 15) is 0 Å². The first kappa shape index (κ1) is 4.96. The molecule has 0 amide bonds. The maximum Gasteiger partial charge on any atom is 0.0563 e. The lowest BCUT2D eigenvalue weighted by molar-refractivity contribution is 0.102. The van der Waals surface area contributed by atoms with Crippen LogP contribution >= 0.6 is 0 Å². The van der Waals surface area contributed by atoms with Crippen LogP contribution in [0.3, 0.4) is 0 Å². The third-order valence-electron chi connectivity index (χ3n) is 0. The molecule has 0 spiro atoms. The summed E-state index contributed by atoms with van der Waals surface area (Å²) in [7, 11) is 0. The van der Waals surface area contributed by atoms with Crippen LogP contribution in [0.25, 0.3) is 0 Å². The van der Waals surface area contributed by atoms with Crippen LogP contribution in [0.5, 0.6) is 0 Å². The number of aliphatic hydroxyl groups is 1. The maximum atomic E-state index is 8.52. The van der Waals surface area contributed by atoms with Crippen molar-refractivity contribution in [1.82, 2.24) is 0 Å². The Morgan fingerprint density at radius 1 is 1.20 bits per heavy atom. The van der Waals surface area contributed by atoms with Crippen LogP contribution in [0.15, 0.2) is 0 Å². The van der Waals surface area contributed by atoms with E-state index >= 15 is 0 Å². The smallest absolute Gasteiger partial charge is 0.0563 e. The summed E-state index contributed by atoms with van der Waals surface area (Å²) in [5, 5.41) is 8.52. The normalized spacial score (nSPS) is 12.0. The predicted octanol–water partition coefficient (Wildman–Crippen LogP) is 0.777. The van der Waals surface area contributed by atoms with Gasteiger partial charge in [-0.15, -0.1) is 0 Å². The van der Waals surface area contributed by atoms with Gasteiger partial charge in [0.15, 0.2) is 0 Å². The summed E-state index contributed by atoms with van der Waals surface area (Å²) in [6, 6.07) is 0. The molecule has 1 N–H and O–H groups in total. The highest BCUT2D eigenvalue weighted by molar-refractivity contribution is 4.50. The van der Waals surface area contributed by atoms with E-state index in [1.807, 2.05) is 0 Å². The Labute approximate surface area is 32.6 Å². The van der Waals surface area contributed by atoms with Gasteiger partial charge in [0.25, 0.3) is 0 Å². The van der Waals surface area contributed by atoms with Crippen molar-refractivity contribution in [3.8, 4) is 0 Å². The molecule has 5 heavy (non-hydrogen) atoms. The SMILES string of the molecule is C[11C](C)(C)O. The van der Waals surface area contributed by atoms with Crippen molar-refractivity contribution in [3.63, 3.8) is 0 Å². The van der Waals surface area contributed by atoms with Crippen LogP contribution < -0.4 is 0 Å². The first-order chi connectivity index (χ1) is 2.00. The molecule has 1 nitrogen and oxygen atoms in total. The zero-order chi connectivity index (χ0) is 4.50. The van der Waals surface area contributed by atoms with Crippen molar-refractivity contribution in [3.05, 3.63) is 0 Å².